The lowest BCUT2D eigenvalue weighted by molar-refractivity contribution is 0.159. The molecule has 0 radical (unpaired) electrons. The lowest BCUT2D eigenvalue weighted by Crippen LogP contribution is -2.22. The Hall–Kier alpha value is -4.24. The summed E-state index contributed by atoms with van der Waals surface area (Å²) in [6.45, 7) is 0.0385. The first-order valence-corrected chi connectivity index (χ1v) is 10.7. The Kier molecular flexibility index (Phi) is 5.92. The maximum atomic E-state index is 14.5. The van der Waals surface area contributed by atoms with E-state index in [1.165, 1.54) is 12.3 Å². The molecule has 1 atom stereocenters. The van der Waals surface area contributed by atoms with Gasteiger partial charge in [0.25, 0.3) is 0 Å². The highest BCUT2D eigenvalue weighted by molar-refractivity contribution is 5.78. The fraction of sp³-hybridized carbons (Fsp3) is 0.115. The molecule has 5 rings (SSSR count). The van der Waals surface area contributed by atoms with Gasteiger partial charge in [-0.05, 0) is 53.6 Å². The summed E-state index contributed by atoms with van der Waals surface area (Å²) in [6.07, 6.45) is 2.94. The van der Waals surface area contributed by atoms with Gasteiger partial charge in [-0.2, -0.15) is 4.39 Å². The van der Waals surface area contributed by atoms with Crippen LogP contribution in [0.25, 0.3) is 22.3 Å². The highest BCUT2D eigenvalue weighted by atomic mass is 19.1. The number of hydrogen-bond donors (Lipinski definition) is 2. The molecule has 0 aliphatic carbocycles. The number of halogens is 3. The van der Waals surface area contributed by atoms with Crippen LogP contribution in [0.15, 0.2) is 67.0 Å². The number of benzene rings is 2. The summed E-state index contributed by atoms with van der Waals surface area (Å²) in [7, 11) is 0. The van der Waals surface area contributed by atoms with E-state index in [0.717, 1.165) is 18.2 Å². The summed E-state index contributed by atoms with van der Waals surface area (Å²) in [6, 6.07) is 13.1. The molecule has 2 aromatic heterocycles. The quantitative estimate of drug-likeness (QED) is 0.220. The zero-order chi connectivity index (χ0) is 24.5. The minimum Gasteiger partial charge on any atom is -0.438 e. The summed E-state index contributed by atoms with van der Waals surface area (Å²) in [5.74, 6) is -1.46. The molecule has 176 valence electrons. The van der Waals surface area contributed by atoms with Crippen molar-refractivity contribution in [2.24, 2.45) is 5.73 Å². The SMILES string of the molecule is N=C(N)COCC1c2cc(-c3cc(F)ccc3F)ccc2Oc2ncc(-c3ccnc(F)c3)cc21. The largest absolute Gasteiger partial charge is 0.438 e. The minimum absolute atomic E-state index is 0.0804. The summed E-state index contributed by atoms with van der Waals surface area (Å²) in [4.78, 5) is 8.01. The van der Waals surface area contributed by atoms with Crippen molar-refractivity contribution in [3.05, 3.63) is 95.7 Å². The smallest absolute Gasteiger partial charge is 0.223 e. The normalized spacial score (nSPS) is 14.1. The van der Waals surface area contributed by atoms with Crippen LogP contribution in [-0.2, 0) is 4.74 Å². The molecular formula is C26H19F3N4O2. The van der Waals surface area contributed by atoms with Crippen molar-refractivity contribution in [1.29, 1.82) is 5.41 Å². The molecule has 0 fully saturated rings. The number of fused-ring (bicyclic) bond motifs is 2. The van der Waals surface area contributed by atoms with E-state index < -0.39 is 23.5 Å². The Morgan fingerprint density at radius 2 is 1.77 bits per heavy atom. The predicted octanol–water partition coefficient (Wildman–Crippen LogP) is 5.42. The zero-order valence-corrected chi connectivity index (χ0v) is 18.3. The Balaban J connectivity index is 1.60. The predicted molar refractivity (Wildman–Crippen MR) is 124 cm³/mol. The van der Waals surface area contributed by atoms with E-state index >= 15 is 0 Å². The minimum atomic E-state index is -0.620. The van der Waals surface area contributed by atoms with Crippen LogP contribution in [0.4, 0.5) is 13.2 Å². The highest BCUT2D eigenvalue weighted by Crippen LogP contribution is 2.46. The van der Waals surface area contributed by atoms with Gasteiger partial charge < -0.3 is 15.2 Å². The number of aromatic nitrogens is 2. The number of amidine groups is 1. The zero-order valence-electron chi connectivity index (χ0n) is 18.3. The molecule has 1 aliphatic rings. The van der Waals surface area contributed by atoms with E-state index in [0.29, 0.717) is 39.4 Å². The van der Waals surface area contributed by atoms with Gasteiger partial charge in [-0.1, -0.05) is 6.07 Å². The van der Waals surface area contributed by atoms with Crippen molar-refractivity contribution < 1.29 is 22.6 Å². The molecule has 1 unspecified atom stereocenters. The number of rotatable bonds is 6. The number of nitrogens with two attached hydrogens (primary N) is 1. The lowest BCUT2D eigenvalue weighted by atomic mass is 9.87. The van der Waals surface area contributed by atoms with E-state index in [1.54, 1.807) is 30.5 Å². The Bertz CT molecular complexity index is 1440. The van der Waals surface area contributed by atoms with Gasteiger partial charge in [0.1, 0.15) is 29.8 Å². The Morgan fingerprint density at radius 3 is 2.57 bits per heavy atom. The fourth-order valence-electron chi connectivity index (χ4n) is 4.08. The van der Waals surface area contributed by atoms with Crippen LogP contribution in [-0.4, -0.2) is 29.0 Å². The van der Waals surface area contributed by atoms with E-state index in [2.05, 4.69) is 9.97 Å². The molecule has 9 heteroatoms. The number of hydrogen-bond acceptors (Lipinski definition) is 5. The third kappa shape index (κ3) is 4.58. The first-order valence-electron chi connectivity index (χ1n) is 10.7. The Morgan fingerprint density at radius 1 is 0.943 bits per heavy atom. The van der Waals surface area contributed by atoms with Crippen molar-refractivity contribution in [3.8, 4) is 33.9 Å². The van der Waals surface area contributed by atoms with Gasteiger partial charge in [0.05, 0.1) is 6.61 Å². The lowest BCUT2D eigenvalue weighted by Gasteiger charge is -2.28. The second-order valence-corrected chi connectivity index (χ2v) is 8.06. The van der Waals surface area contributed by atoms with Crippen molar-refractivity contribution >= 4 is 5.84 Å². The first kappa shape index (κ1) is 22.5. The third-order valence-electron chi connectivity index (χ3n) is 5.69. The second kappa shape index (κ2) is 9.19. The molecule has 35 heavy (non-hydrogen) atoms. The topological polar surface area (TPSA) is 94.1 Å². The van der Waals surface area contributed by atoms with Crippen molar-refractivity contribution in [3.63, 3.8) is 0 Å². The summed E-state index contributed by atoms with van der Waals surface area (Å²) < 4.78 is 53.7. The van der Waals surface area contributed by atoms with Crippen LogP contribution in [0.5, 0.6) is 11.6 Å². The maximum absolute atomic E-state index is 14.5. The molecule has 6 nitrogen and oxygen atoms in total. The maximum Gasteiger partial charge on any atom is 0.223 e. The monoisotopic (exact) mass is 476 g/mol. The van der Waals surface area contributed by atoms with E-state index in [9.17, 15) is 13.2 Å². The standard InChI is InChI=1S/C26H19F3N4O2/c27-17-2-3-22(28)18(10-17)15-1-4-23-19(7-15)21(12-34-13-25(30)31)20-8-16(11-33-26(20)35-23)14-5-6-32-24(29)9-14/h1-11,21H,12-13H2,(H3,30,31). The van der Waals surface area contributed by atoms with Gasteiger partial charge in [0, 0.05) is 46.6 Å². The fourth-order valence-corrected chi connectivity index (χ4v) is 4.08. The first-order chi connectivity index (χ1) is 16.9. The molecule has 3 N–H and O–H groups in total. The van der Waals surface area contributed by atoms with Crippen LogP contribution >= 0.6 is 0 Å². The second-order valence-electron chi connectivity index (χ2n) is 8.06. The Labute approximate surface area is 198 Å². The van der Waals surface area contributed by atoms with Crippen LogP contribution in [0.3, 0.4) is 0 Å². The molecule has 2 aromatic carbocycles. The average Bonchev–Trinajstić information content (AvgIpc) is 2.84. The van der Waals surface area contributed by atoms with Crippen molar-refractivity contribution in [2.75, 3.05) is 13.2 Å². The molecular weight excluding hydrogens is 457 g/mol. The molecule has 4 aromatic rings. The average molecular weight is 476 g/mol. The van der Waals surface area contributed by atoms with Crippen molar-refractivity contribution in [1.82, 2.24) is 9.97 Å². The summed E-state index contributed by atoms with van der Waals surface area (Å²) in [5, 5.41) is 7.46. The molecule has 0 saturated heterocycles. The van der Waals surface area contributed by atoms with Crippen LogP contribution < -0.4 is 10.5 Å². The van der Waals surface area contributed by atoms with Gasteiger partial charge in [0.2, 0.25) is 11.8 Å². The number of nitrogens with one attached hydrogen (secondary N) is 1. The van der Waals surface area contributed by atoms with E-state index in [1.807, 2.05) is 6.07 Å². The number of ether oxygens (including phenoxy) is 2. The third-order valence-corrected chi connectivity index (χ3v) is 5.69. The summed E-state index contributed by atoms with van der Waals surface area (Å²) in [5.41, 5.74) is 8.57. The van der Waals surface area contributed by atoms with Gasteiger partial charge in [-0.3, -0.25) is 5.41 Å². The van der Waals surface area contributed by atoms with Crippen molar-refractivity contribution in [2.45, 2.75) is 5.92 Å². The van der Waals surface area contributed by atoms with Gasteiger partial charge in [-0.25, -0.2) is 18.7 Å². The number of pyridine rings is 2. The molecule has 0 saturated carbocycles. The van der Waals surface area contributed by atoms with Gasteiger partial charge in [0.15, 0.2) is 0 Å². The summed E-state index contributed by atoms with van der Waals surface area (Å²) >= 11 is 0. The van der Waals surface area contributed by atoms with E-state index in [-0.39, 0.29) is 24.6 Å². The van der Waals surface area contributed by atoms with Crippen LogP contribution in [0, 0.1) is 23.0 Å². The molecule has 3 heterocycles. The van der Waals surface area contributed by atoms with Crippen LogP contribution in [0.1, 0.15) is 17.0 Å². The molecule has 0 bridgehead atoms. The number of nitrogens with zero attached hydrogens (tertiary/aromatic N) is 2. The van der Waals surface area contributed by atoms with E-state index in [4.69, 9.17) is 20.6 Å². The molecule has 1 aliphatic heterocycles. The molecule has 0 spiro atoms. The van der Waals surface area contributed by atoms with Crippen LogP contribution in [0.2, 0.25) is 0 Å². The van der Waals surface area contributed by atoms with Gasteiger partial charge >= 0.3 is 0 Å². The highest BCUT2D eigenvalue weighted by Gasteiger charge is 2.30. The van der Waals surface area contributed by atoms with Gasteiger partial charge in [-0.15, -0.1) is 0 Å². The molecule has 0 amide bonds.